The highest BCUT2D eigenvalue weighted by Gasteiger charge is 2.17. The van der Waals surface area contributed by atoms with E-state index in [9.17, 15) is 4.79 Å². The van der Waals surface area contributed by atoms with Gasteiger partial charge in [-0.25, -0.2) is 4.98 Å². The number of halogens is 1. The van der Waals surface area contributed by atoms with Crippen LogP contribution in [-0.4, -0.2) is 17.4 Å². The maximum absolute atomic E-state index is 12.0. The van der Waals surface area contributed by atoms with E-state index < -0.39 is 0 Å². The predicted octanol–water partition coefficient (Wildman–Crippen LogP) is 4.07. The molecule has 21 heavy (non-hydrogen) atoms. The van der Waals surface area contributed by atoms with E-state index in [4.69, 9.17) is 11.6 Å². The zero-order valence-corrected chi connectivity index (χ0v) is 14.0. The largest absolute Gasteiger partial charge is 0.352 e. The minimum atomic E-state index is -0.145. The van der Waals surface area contributed by atoms with Crippen LogP contribution in [0.3, 0.4) is 0 Å². The predicted molar refractivity (Wildman–Crippen MR) is 88.3 cm³/mol. The highest BCUT2D eigenvalue weighted by Crippen LogP contribution is 2.24. The van der Waals surface area contributed by atoms with Crippen molar-refractivity contribution < 1.29 is 4.79 Å². The summed E-state index contributed by atoms with van der Waals surface area (Å²) in [4.78, 5) is 16.6. The van der Waals surface area contributed by atoms with E-state index in [-0.39, 0.29) is 11.3 Å². The average Bonchev–Trinajstić information content (AvgIpc) is 2.88. The van der Waals surface area contributed by atoms with Gasteiger partial charge in [0, 0.05) is 23.8 Å². The van der Waals surface area contributed by atoms with Crippen molar-refractivity contribution in [1.29, 1.82) is 0 Å². The Morgan fingerprint density at radius 2 is 2.05 bits per heavy atom. The van der Waals surface area contributed by atoms with Crippen molar-refractivity contribution in [2.24, 2.45) is 0 Å². The summed E-state index contributed by atoms with van der Waals surface area (Å²) >= 11 is 7.64. The fourth-order valence-corrected chi connectivity index (χ4v) is 3.04. The maximum Gasteiger partial charge on any atom is 0.252 e. The van der Waals surface area contributed by atoms with Crippen LogP contribution in [0.25, 0.3) is 0 Å². The summed E-state index contributed by atoms with van der Waals surface area (Å²) < 4.78 is 0. The van der Waals surface area contributed by atoms with Crippen LogP contribution in [0.4, 0.5) is 0 Å². The van der Waals surface area contributed by atoms with Gasteiger partial charge >= 0.3 is 0 Å². The second-order valence-corrected chi connectivity index (χ2v) is 7.21. The Morgan fingerprint density at radius 3 is 2.67 bits per heavy atom. The monoisotopic (exact) mass is 322 g/mol. The standard InChI is InChI=1S/C16H19ClN2OS/c1-16(2,3)13-10-21-14(19-13)8-9-18-15(20)11-6-4-5-7-12(11)17/h4-7,10H,8-9H2,1-3H3,(H,18,20). The van der Waals surface area contributed by atoms with Crippen LogP contribution < -0.4 is 5.32 Å². The lowest BCUT2D eigenvalue weighted by atomic mass is 9.93. The first-order valence-electron chi connectivity index (χ1n) is 6.85. The Bertz CT molecular complexity index is 631. The third kappa shape index (κ3) is 4.29. The van der Waals surface area contributed by atoms with Crippen molar-refractivity contribution in [1.82, 2.24) is 10.3 Å². The molecular weight excluding hydrogens is 304 g/mol. The van der Waals surface area contributed by atoms with E-state index in [1.165, 1.54) is 0 Å². The van der Waals surface area contributed by atoms with Gasteiger partial charge in [0.2, 0.25) is 0 Å². The summed E-state index contributed by atoms with van der Waals surface area (Å²) in [6, 6.07) is 7.05. The molecule has 0 saturated heterocycles. The molecule has 0 atom stereocenters. The number of carbonyl (C=O) groups excluding carboxylic acids is 1. The molecule has 0 saturated carbocycles. The molecule has 0 spiro atoms. The number of hydrogen-bond donors (Lipinski definition) is 1. The van der Waals surface area contributed by atoms with Crippen molar-refractivity contribution in [2.45, 2.75) is 32.6 Å². The molecule has 0 aliphatic carbocycles. The highest BCUT2D eigenvalue weighted by molar-refractivity contribution is 7.09. The molecule has 1 aromatic heterocycles. The van der Waals surface area contributed by atoms with Crippen LogP contribution in [0.5, 0.6) is 0 Å². The molecule has 5 heteroatoms. The molecule has 0 bridgehead atoms. The number of amides is 1. The van der Waals surface area contributed by atoms with Crippen LogP contribution in [-0.2, 0) is 11.8 Å². The maximum atomic E-state index is 12.0. The summed E-state index contributed by atoms with van der Waals surface area (Å²) in [6.07, 6.45) is 0.733. The second kappa shape index (κ2) is 6.58. The quantitative estimate of drug-likeness (QED) is 0.922. The molecule has 2 rings (SSSR count). The summed E-state index contributed by atoms with van der Waals surface area (Å²) in [5.41, 5.74) is 1.67. The van der Waals surface area contributed by atoms with Gasteiger partial charge in [-0.1, -0.05) is 44.5 Å². The zero-order chi connectivity index (χ0) is 15.5. The molecule has 0 aliphatic rings. The number of aromatic nitrogens is 1. The Kier molecular flexibility index (Phi) is 5.01. The smallest absolute Gasteiger partial charge is 0.252 e. The second-order valence-electron chi connectivity index (χ2n) is 5.86. The first kappa shape index (κ1) is 16.0. The number of nitrogens with zero attached hydrogens (tertiary/aromatic N) is 1. The van der Waals surface area contributed by atoms with E-state index in [0.717, 1.165) is 17.1 Å². The lowest BCUT2D eigenvalue weighted by molar-refractivity contribution is 0.0954. The van der Waals surface area contributed by atoms with Gasteiger partial charge in [0.05, 0.1) is 21.3 Å². The first-order chi connectivity index (χ1) is 9.88. The lowest BCUT2D eigenvalue weighted by Gasteiger charge is -2.14. The molecule has 0 radical (unpaired) electrons. The number of hydrogen-bond acceptors (Lipinski definition) is 3. The van der Waals surface area contributed by atoms with Crippen molar-refractivity contribution in [3.05, 3.63) is 50.9 Å². The van der Waals surface area contributed by atoms with Crippen LogP contribution in [0, 0.1) is 0 Å². The summed E-state index contributed by atoms with van der Waals surface area (Å²) in [6.45, 7) is 6.99. The van der Waals surface area contributed by atoms with Crippen molar-refractivity contribution >= 4 is 28.8 Å². The molecule has 1 N–H and O–H groups in total. The normalized spacial score (nSPS) is 11.4. The zero-order valence-electron chi connectivity index (χ0n) is 12.4. The molecule has 0 aliphatic heterocycles. The van der Waals surface area contributed by atoms with E-state index in [1.54, 1.807) is 29.5 Å². The first-order valence-corrected chi connectivity index (χ1v) is 8.11. The Hall–Kier alpha value is -1.39. The van der Waals surface area contributed by atoms with E-state index >= 15 is 0 Å². The Balaban J connectivity index is 1.89. The molecule has 0 fully saturated rings. The summed E-state index contributed by atoms with van der Waals surface area (Å²) in [5, 5.41) is 6.48. The number of benzene rings is 1. The molecule has 0 unspecified atom stereocenters. The van der Waals surface area contributed by atoms with Crippen LogP contribution in [0.1, 0.15) is 41.8 Å². The van der Waals surface area contributed by atoms with Gasteiger partial charge in [-0.15, -0.1) is 11.3 Å². The fraction of sp³-hybridized carbons (Fsp3) is 0.375. The van der Waals surface area contributed by atoms with Gasteiger partial charge in [-0.3, -0.25) is 4.79 Å². The molecule has 1 amide bonds. The van der Waals surface area contributed by atoms with Crippen LogP contribution in [0.2, 0.25) is 5.02 Å². The number of thiazole rings is 1. The number of carbonyl (C=O) groups is 1. The third-order valence-electron chi connectivity index (χ3n) is 3.06. The molecule has 1 heterocycles. The lowest BCUT2D eigenvalue weighted by Crippen LogP contribution is -2.26. The van der Waals surface area contributed by atoms with Crippen LogP contribution >= 0.6 is 22.9 Å². The van der Waals surface area contributed by atoms with Gasteiger partial charge in [0.1, 0.15) is 0 Å². The summed E-state index contributed by atoms with van der Waals surface area (Å²) in [7, 11) is 0. The molecular formula is C16H19ClN2OS. The number of rotatable bonds is 4. The molecule has 112 valence electrons. The summed E-state index contributed by atoms with van der Waals surface area (Å²) in [5.74, 6) is -0.145. The van der Waals surface area contributed by atoms with Gasteiger partial charge in [0.15, 0.2) is 0 Å². The van der Waals surface area contributed by atoms with Crippen molar-refractivity contribution in [3.8, 4) is 0 Å². The van der Waals surface area contributed by atoms with Gasteiger partial charge < -0.3 is 5.32 Å². The van der Waals surface area contributed by atoms with E-state index in [2.05, 4.69) is 36.5 Å². The van der Waals surface area contributed by atoms with E-state index in [1.807, 2.05) is 6.07 Å². The topological polar surface area (TPSA) is 42.0 Å². The van der Waals surface area contributed by atoms with Gasteiger partial charge in [0.25, 0.3) is 5.91 Å². The minimum Gasteiger partial charge on any atom is -0.352 e. The van der Waals surface area contributed by atoms with E-state index in [0.29, 0.717) is 17.1 Å². The molecule has 1 aromatic carbocycles. The molecule has 2 aromatic rings. The van der Waals surface area contributed by atoms with Crippen molar-refractivity contribution in [3.63, 3.8) is 0 Å². The Labute approximate surface area is 134 Å². The Morgan fingerprint density at radius 1 is 1.33 bits per heavy atom. The molecule has 3 nitrogen and oxygen atoms in total. The SMILES string of the molecule is CC(C)(C)c1csc(CCNC(=O)c2ccccc2Cl)n1. The van der Waals surface area contributed by atoms with Crippen LogP contribution in [0.15, 0.2) is 29.6 Å². The highest BCUT2D eigenvalue weighted by atomic mass is 35.5. The average molecular weight is 323 g/mol. The number of nitrogens with one attached hydrogen (secondary N) is 1. The third-order valence-corrected chi connectivity index (χ3v) is 4.30. The minimum absolute atomic E-state index is 0.0650. The fourth-order valence-electron chi connectivity index (χ4n) is 1.79. The van der Waals surface area contributed by atoms with Gasteiger partial charge in [-0.2, -0.15) is 0 Å². The van der Waals surface area contributed by atoms with Gasteiger partial charge in [-0.05, 0) is 12.1 Å². The van der Waals surface area contributed by atoms with Crippen molar-refractivity contribution in [2.75, 3.05) is 6.54 Å².